The molecule has 1 N–H and O–H groups in total. The van der Waals surface area contributed by atoms with E-state index < -0.39 is 0 Å². The summed E-state index contributed by atoms with van der Waals surface area (Å²) in [6.45, 7) is 10.9. The molecule has 1 aliphatic heterocycles. The van der Waals surface area contributed by atoms with Crippen molar-refractivity contribution < 1.29 is 9.15 Å². The summed E-state index contributed by atoms with van der Waals surface area (Å²) in [6.07, 6.45) is 3.00. The van der Waals surface area contributed by atoms with E-state index in [-0.39, 0.29) is 6.10 Å². The van der Waals surface area contributed by atoms with Crippen molar-refractivity contribution in [3.05, 3.63) is 12.0 Å². The molecule has 1 aliphatic rings. The second kappa shape index (κ2) is 6.91. The van der Waals surface area contributed by atoms with Gasteiger partial charge >= 0.3 is 0 Å². The Morgan fingerprint density at radius 2 is 2.37 bits per heavy atom. The van der Waals surface area contributed by atoms with Crippen LogP contribution in [-0.2, 0) is 11.3 Å². The van der Waals surface area contributed by atoms with E-state index in [1.165, 1.54) is 0 Å². The number of rotatable bonds is 5. The first-order chi connectivity index (χ1) is 9.15. The Balaban J connectivity index is 1.88. The minimum Gasteiger partial charge on any atom is -0.432 e. The maximum Gasteiger partial charge on any atom is 0.297 e. The van der Waals surface area contributed by atoms with Gasteiger partial charge in [0.1, 0.15) is 6.26 Å². The van der Waals surface area contributed by atoms with E-state index >= 15 is 0 Å². The predicted molar refractivity (Wildman–Crippen MR) is 75.3 cm³/mol. The van der Waals surface area contributed by atoms with Gasteiger partial charge in [0.2, 0.25) is 0 Å². The molecule has 0 saturated carbocycles. The highest BCUT2D eigenvalue weighted by Crippen LogP contribution is 2.17. The van der Waals surface area contributed by atoms with Gasteiger partial charge in [-0.25, -0.2) is 0 Å². The van der Waals surface area contributed by atoms with Crippen LogP contribution >= 0.6 is 0 Å². The van der Waals surface area contributed by atoms with Crippen molar-refractivity contribution in [2.75, 3.05) is 31.1 Å². The molecule has 0 spiro atoms. The molecule has 5 nitrogen and oxygen atoms in total. The molecule has 1 aromatic heterocycles. The van der Waals surface area contributed by atoms with E-state index in [1.54, 1.807) is 6.26 Å². The summed E-state index contributed by atoms with van der Waals surface area (Å²) in [5, 5.41) is 3.37. The summed E-state index contributed by atoms with van der Waals surface area (Å²) in [5.74, 6) is 0.648. The molecule has 0 radical (unpaired) electrons. The molecule has 1 aromatic rings. The van der Waals surface area contributed by atoms with Crippen molar-refractivity contribution in [3.8, 4) is 0 Å². The minimum absolute atomic E-state index is 0.233. The zero-order chi connectivity index (χ0) is 13.7. The van der Waals surface area contributed by atoms with Crippen molar-refractivity contribution in [2.24, 2.45) is 5.92 Å². The molecule has 0 aliphatic carbocycles. The lowest BCUT2D eigenvalue weighted by molar-refractivity contribution is 0.0818. The highest BCUT2D eigenvalue weighted by molar-refractivity contribution is 5.27. The molecule has 5 heteroatoms. The highest BCUT2D eigenvalue weighted by atomic mass is 16.5. The Morgan fingerprint density at radius 1 is 1.53 bits per heavy atom. The fourth-order valence-electron chi connectivity index (χ4n) is 2.18. The van der Waals surface area contributed by atoms with Crippen molar-refractivity contribution in [2.45, 2.75) is 39.8 Å². The van der Waals surface area contributed by atoms with E-state index in [4.69, 9.17) is 9.15 Å². The molecule has 0 aromatic carbocycles. The van der Waals surface area contributed by atoms with Crippen LogP contribution in [0.3, 0.4) is 0 Å². The third-order valence-corrected chi connectivity index (χ3v) is 3.12. The summed E-state index contributed by atoms with van der Waals surface area (Å²) in [6, 6.07) is 0.721. The van der Waals surface area contributed by atoms with Crippen LogP contribution in [0.1, 0.15) is 32.9 Å². The van der Waals surface area contributed by atoms with E-state index in [2.05, 4.69) is 36.0 Å². The summed E-state index contributed by atoms with van der Waals surface area (Å²) in [4.78, 5) is 6.72. The number of ether oxygens (including phenoxy) is 1. The van der Waals surface area contributed by atoms with Gasteiger partial charge in [-0.05, 0) is 25.8 Å². The van der Waals surface area contributed by atoms with E-state index in [0.29, 0.717) is 5.92 Å². The largest absolute Gasteiger partial charge is 0.432 e. The van der Waals surface area contributed by atoms with Crippen LogP contribution in [0.4, 0.5) is 6.01 Å². The van der Waals surface area contributed by atoms with Crippen molar-refractivity contribution >= 4 is 6.01 Å². The first kappa shape index (κ1) is 14.3. The van der Waals surface area contributed by atoms with Crippen LogP contribution in [0.2, 0.25) is 0 Å². The van der Waals surface area contributed by atoms with E-state index in [0.717, 1.165) is 50.9 Å². The molecule has 19 heavy (non-hydrogen) atoms. The van der Waals surface area contributed by atoms with Gasteiger partial charge in [0.25, 0.3) is 6.01 Å². The maximum atomic E-state index is 5.63. The summed E-state index contributed by atoms with van der Waals surface area (Å²) in [5.41, 5.74) is 0.966. The molecule has 2 heterocycles. The molecule has 1 fully saturated rings. The second-order valence-corrected chi connectivity index (χ2v) is 5.63. The summed E-state index contributed by atoms with van der Waals surface area (Å²) >= 11 is 0. The molecule has 1 saturated heterocycles. The standard InChI is InChI=1S/C14H25N3O2/c1-11(2)7-15-8-13-10-19-14(16-13)17-5-4-6-18-12(3)9-17/h10-12,15H,4-9H2,1-3H3. The van der Waals surface area contributed by atoms with Crippen LogP contribution in [-0.4, -0.2) is 37.3 Å². The van der Waals surface area contributed by atoms with Crippen molar-refractivity contribution in [3.63, 3.8) is 0 Å². The SMILES string of the molecule is CC(C)CNCc1coc(N2CCCOC(C)C2)n1. The lowest BCUT2D eigenvalue weighted by atomic mass is 10.2. The Kier molecular flexibility index (Phi) is 5.22. The number of hydrogen-bond acceptors (Lipinski definition) is 5. The van der Waals surface area contributed by atoms with E-state index in [1.807, 2.05) is 0 Å². The summed E-state index contributed by atoms with van der Waals surface area (Å²) < 4.78 is 11.2. The zero-order valence-corrected chi connectivity index (χ0v) is 12.2. The first-order valence-corrected chi connectivity index (χ1v) is 7.17. The van der Waals surface area contributed by atoms with Gasteiger partial charge in [0.05, 0.1) is 11.8 Å². The van der Waals surface area contributed by atoms with Gasteiger partial charge in [0, 0.05) is 26.2 Å². The second-order valence-electron chi connectivity index (χ2n) is 5.63. The molecule has 1 atom stereocenters. The predicted octanol–water partition coefficient (Wildman–Crippen LogP) is 2.04. The lowest BCUT2D eigenvalue weighted by Crippen LogP contribution is -2.30. The smallest absolute Gasteiger partial charge is 0.297 e. The quantitative estimate of drug-likeness (QED) is 0.884. The normalized spacial score (nSPS) is 20.8. The summed E-state index contributed by atoms with van der Waals surface area (Å²) in [7, 11) is 0. The highest BCUT2D eigenvalue weighted by Gasteiger charge is 2.19. The molecular formula is C14H25N3O2. The van der Waals surface area contributed by atoms with Gasteiger partial charge in [-0.1, -0.05) is 13.8 Å². The van der Waals surface area contributed by atoms with Crippen LogP contribution in [0, 0.1) is 5.92 Å². The van der Waals surface area contributed by atoms with Crippen molar-refractivity contribution in [1.82, 2.24) is 10.3 Å². The number of anilines is 1. The number of aromatic nitrogens is 1. The third kappa shape index (κ3) is 4.51. The van der Waals surface area contributed by atoms with Gasteiger partial charge in [-0.15, -0.1) is 0 Å². The van der Waals surface area contributed by atoms with Crippen LogP contribution < -0.4 is 10.2 Å². The minimum atomic E-state index is 0.233. The fraction of sp³-hybridized carbons (Fsp3) is 0.786. The average Bonchev–Trinajstić information content (AvgIpc) is 2.71. The fourth-order valence-corrected chi connectivity index (χ4v) is 2.18. The number of hydrogen-bond donors (Lipinski definition) is 1. The number of nitrogens with zero attached hydrogens (tertiary/aromatic N) is 2. The van der Waals surface area contributed by atoms with Gasteiger partial charge in [-0.2, -0.15) is 4.98 Å². The monoisotopic (exact) mass is 267 g/mol. The van der Waals surface area contributed by atoms with Crippen LogP contribution in [0.15, 0.2) is 10.7 Å². The Hall–Kier alpha value is -1.07. The molecular weight excluding hydrogens is 242 g/mol. The van der Waals surface area contributed by atoms with Crippen molar-refractivity contribution in [1.29, 1.82) is 0 Å². The maximum absolute atomic E-state index is 5.63. The molecule has 0 amide bonds. The molecule has 1 unspecified atom stereocenters. The van der Waals surface area contributed by atoms with Gasteiger partial charge in [-0.3, -0.25) is 0 Å². The first-order valence-electron chi connectivity index (χ1n) is 7.17. The topological polar surface area (TPSA) is 50.5 Å². The Morgan fingerprint density at radius 3 is 3.16 bits per heavy atom. The molecule has 0 bridgehead atoms. The van der Waals surface area contributed by atoms with Gasteiger partial charge < -0.3 is 19.4 Å². The van der Waals surface area contributed by atoms with Gasteiger partial charge in [0.15, 0.2) is 0 Å². The van der Waals surface area contributed by atoms with E-state index in [9.17, 15) is 0 Å². The number of oxazole rings is 1. The zero-order valence-electron chi connectivity index (χ0n) is 12.2. The average molecular weight is 267 g/mol. The van der Waals surface area contributed by atoms with Crippen LogP contribution in [0.5, 0.6) is 0 Å². The van der Waals surface area contributed by atoms with Crippen LogP contribution in [0.25, 0.3) is 0 Å². The Labute approximate surface area is 115 Å². The number of nitrogens with one attached hydrogen (secondary N) is 1. The molecule has 108 valence electrons. The lowest BCUT2D eigenvalue weighted by Gasteiger charge is -2.19. The molecule has 2 rings (SSSR count). The third-order valence-electron chi connectivity index (χ3n) is 3.12. The Bertz CT molecular complexity index is 379.